The van der Waals surface area contributed by atoms with Gasteiger partial charge >= 0.3 is 6.09 Å². The zero-order valence-electron chi connectivity index (χ0n) is 22.6. The number of amides is 2. The van der Waals surface area contributed by atoms with E-state index in [0.29, 0.717) is 48.5 Å². The molecule has 2 fully saturated rings. The number of benzene rings is 1. The molecule has 0 radical (unpaired) electrons. The van der Waals surface area contributed by atoms with Crippen molar-refractivity contribution >= 4 is 28.9 Å². The summed E-state index contributed by atoms with van der Waals surface area (Å²) in [4.78, 5) is 43.9. The summed E-state index contributed by atoms with van der Waals surface area (Å²) in [6, 6.07) is 3.05. The third kappa shape index (κ3) is 6.19. The van der Waals surface area contributed by atoms with Crippen molar-refractivity contribution in [2.75, 3.05) is 71.5 Å². The highest BCUT2D eigenvalue weighted by atomic mass is 16.6. The van der Waals surface area contributed by atoms with Crippen molar-refractivity contribution in [2.24, 2.45) is 0 Å². The molecule has 0 saturated carbocycles. The molecule has 1 atom stereocenters. The largest absolute Gasteiger partial charge is 0.444 e. The van der Waals surface area contributed by atoms with Crippen LogP contribution in [-0.4, -0.2) is 109 Å². The van der Waals surface area contributed by atoms with Crippen molar-refractivity contribution in [3.63, 3.8) is 0 Å². The van der Waals surface area contributed by atoms with E-state index in [1.54, 1.807) is 25.4 Å². The van der Waals surface area contributed by atoms with Crippen LogP contribution in [0.15, 0.2) is 31.0 Å². The average molecular weight is 511 g/mol. The molecular formula is C27H38N6O4. The first-order chi connectivity index (χ1) is 17.6. The minimum Gasteiger partial charge on any atom is -0.444 e. The molecule has 0 N–H and O–H groups in total. The summed E-state index contributed by atoms with van der Waals surface area (Å²) in [6.45, 7) is 15.1. The predicted molar refractivity (Wildman–Crippen MR) is 143 cm³/mol. The fraction of sp³-hybridized carbons (Fsp3) is 0.556. The SMILES string of the molecule is C=CC(c1cc(C(=O)N2CCN(C)CC2)cc2ncc(N3CCOCC3)nc12)N(C)C(=O)OC(C)(C)C. The lowest BCUT2D eigenvalue weighted by atomic mass is 9.99. The van der Waals surface area contributed by atoms with Gasteiger partial charge < -0.3 is 29.1 Å². The molecule has 2 aromatic rings. The Morgan fingerprint density at radius 3 is 2.43 bits per heavy atom. The Hall–Kier alpha value is -3.24. The number of hydrogen-bond donors (Lipinski definition) is 0. The van der Waals surface area contributed by atoms with Crippen LogP contribution >= 0.6 is 0 Å². The number of morpholine rings is 1. The van der Waals surface area contributed by atoms with E-state index in [1.807, 2.05) is 31.7 Å². The molecule has 2 saturated heterocycles. The number of nitrogens with zero attached hydrogens (tertiary/aromatic N) is 6. The Kier molecular flexibility index (Phi) is 7.99. The van der Waals surface area contributed by atoms with Crippen molar-refractivity contribution < 1.29 is 19.1 Å². The van der Waals surface area contributed by atoms with Crippen molar-refractivity contribution in [1.82, 2.24) is 24.7 Å². The maximum Gasteiger partial charge on any atom is 0.410 e. The van der Waals surface area contributed by atoms with Gasteiger partial charge in [0.15, 0.2) is 0 Å². The van der Waals surface area contributed by atoms with Crippen LogP contribution in [0.4, 0.5) is 10.6 Å². The second-order valence-corrected chi connectivity index (χ2v) is 10.6. The number of hydrogen-bond acceptors (Lipinski definition) is 8. The molecule has 10 heteroatoms. The number of anilines is 1. The van der Waals surface area contributed by atoms with Crippen LogP contribution in [0.3, 0.4) is 0 Å². The van der Waals surface area contributed by atoms with Gasteiger partial charge in [-0.05, 0) is 40.0 Å². The Morgan fingerprint density at radius 2 is 1.81 bits per heavy atom. The smallest absolute Gasteiger partial charge is 0.410 e. The van der Waals surface area contributed by atoms with Gasteiger partial charge in [0.25, 0.3) is 5.91 Å². The molecule has 0 spiro atoms. The minimum absolute atomic E-state index is 0.0574. The lowest BCUT2D eigenvalue weighted by Gasteiger charge is -2.33. The van der Waals surface area contributed by atoms with E-state index in [2.05, 4.69) is 23.4 Å². The molecule has 10 nitrogen and oxygen atoms in total. The minimum atomic E-state index is -0.651. The highest BCUT2D eigenvalue weighted by Crippen LogP contribution is 2.31. The first-order valence-corrected chi connectivity index (χ1v) is 12.8. The summed E-state index contributed by atoms with van der Waals surface area (Å²) in [5.41, 5.74) is 1.77. The van der Waals surface area contributed by atoms with Gasteiger partial charge in [0.1, 0.15) is 11.4 Å². The maximum atomic E-state index is 13.5. The number of fused-ring (bicyclic) bond motifs is 1. The van der Waals surface area contributed by atoms with E-state index in [4.69, 9.17) is 19.4 Å². The van der Waals surface area contributed by atoms with Gasteiger partial charge in [-0.25, -0.2) is 9.78 Å². The Labute approximate surface area is 218 Å². The highest BCUT2D eigenvalue weighted by molar-refractivity contribution is 5.98. The molecule has 2 aliphatic heterocycles. The molecule has 4 rings (SSSR count). The van der Waals surface area contributed by atoms with E-state index in [0.717, 1.165) is 32.0 Å². The number of likely N-dealkylation sites (N-methyl/N-ethyl adjacent to an activating group) is 2. The van der Waals surface area contributed by atoms with Crippen LogP contribution in [-0.2, 0) is 9.47 Å². The molecule has 2 aliphatic rings. The third-order valence-electron chi connectivity index (χ3n) is 6.68. The van der Waals surface area contributed by atoms with Gasteiger partial charge in [-0.2, -0.15) is 0 Å². The van der Waals surface area contributed by atoms with Crippen LogP contribution in [0.25, 0.3) is 11.0 Å². The van der Waals surface area contributed by atoms with Crippen molar-refractivity contribution in [2.45, 2.75) is 32.4 Å². The topological polar surface area (TPSA) is 91.3 Å². The molecule has 1 aromatic heterocycles. The normalized spacial score (nSPS) is 18.0. The second-order valence-electron chi connectivity index (χ2n) is 10.6. The molecule has 0 aliphatic carbocycles. The van der Waals surface area contributed by atoms with Gasteiger partial charge in [-0.3, -0.25) is 9.78 Å². The van der Waals surface area contributed by atoms with Crippen LogP contribution in [0.1, 0.15) is 42.7 Å². The molecule has 1 aromatic carbocycles. The number of carbonyl (C=O) groups excluding carboxylic acids is 2. The van der Waals surface area contributed by atoms with E-state index >= 15 is 0 Å². The average Bonchev–Trinajstić information content (AvgIpc) is 2.88. The van der Waals surface area contributed by atoms with Crippen LogP contribution in [0.2, 0.25) is 0 Å². The fourth-order valence-electron chi connectivity index (χ4n) is 4.56. The van der Waals surface area contributed by atoms with E-state index < -0.39 is 17.7 Å². The molecule has 37 heavy (non-hydrogen) atoms. The van der Waals surface area contributed by atoms with Crippen molar-refractivity contribution in [3.05, 3.63) is 42.1 Å². The Balaban J connectivity index is 1.78. The Bertz CT molecular complexity index is 1150. The monoisotopic (exact) mass is 510 g/mol. The lowest BCUT2D eigenvalue weighted by molar-refractivity contribution is 0.0254. The van der Waals surface area contributed by atoms with Crippen LogP contribution in [0.5, 0.6) is 0 Å². The van der Waals surface area contributed by atoms with Gasteiger partial charge in [-0.1, -0.05) is 6.08 Å². The molecular weight excluding hydrogens is 472 g/mol. The van der Waals surface area contributed by atoms with Crippen LogP contribution < -0.4 is 4.90 Å². The maximum absolute atomic E-state index is 13.5. The number of piperazine rings is 1. The summed E-state index contributed by atoms with van der Waals surface area (Å²) < 4.78 is 11.1. The summed E-state index contributed by atoms with van der Waals surface area (Å²) in [6.07, 6.45) is 2.92. The summed E-state index contributed by atoms with van der Waals surface area (Å²) in [5.74, 6) is 0.677. The summed E-state index contributed by atoms with van der Waals surface area (Å²) >= 11 is 0. The number of aromatic nitrogens is 2. The van der Waals surface area contributed by atoms with E-state index in [1.165, 1.54) is 4.90 Å². The second kappa shape index (κ2) is 11.0. The summed E-state index contributed by atoms with van der Waals surface area (Å²) in [7, 11) is 3.72. The zero-order valence-corrected chi connectivity index (χ0v) is 22.6. The van der Waals surface area contributed by atoms with Crippen molar-refractivity contribution in [3.8, 4) is 0 Å². The van der Waals surface area contributed by atoms with Gasteiger partial charge in [0, 0.05) is 57.4 Å². The molecule has 2 amide bonds. The fourth-order valence-corrected chi connectivity index (χ4v) is 4.56. The van der Waals surface area contributed by atoms with Crippen LogP contribution in [0, 0.1) is 0 Å². The Morgan fingerprint density at radius 1 is 1.14 bits per heavy atom. The number of rotatable bonds is 5. The standard InChI is InChI=1S/C27H38N6O4/c1-7-22(31(6)26(35)37-27(2,3)4)20-16-19(25(34)33-10-8-30(5)9-11-33)17-21-24(20)29-23(18-28-21)32-12-14-36-15-13-32/h7,16-18,22H,1,8-15H2,2-6H3. The molecule has 3 heterocycles. The number of carbonyl (C=O) groups is 2. The predicted octanol–water partition coefficient (Wildman–Crippen LogP) is 2.95. The summed E-state index contributed by atoms with van der Waals surface area (Å²) in [5, 5.41) is 0. The third-order valence-corrected chi connectivity index (χ3v) is 6.68. The molecule has 0 bridgehead atoms. The molecule has 200 valence electrons. The zero-order chi connectivity index (χ0) is 26.7. The van der Waals surface area contributed by atoms with Gasteiger partial charge in [0.2, 0.25) is 0 Å². The highest BCUT2D eigenvalue weighted by Gasteiger charge is 2.29. The quantitative estimate of drug-likeness (QED) is 0.567. The van der Waals surface area contributed by atoms with E-state index in [9.17, 15) is 9.59 Å². The first kappa shape index (κ1) is 26.8. The van der Waals surface area contributed by atoms with E-state index in [-0.39, 0.29) is 5.91 Å². The first-order valence-electron chi connectivity index (χ1n) is 12.8. The lowest BCUT2D eigenvalue weighted by Crippen LogP contribution is -2.47. The molecule has 1 unspecified atom stereocenters. The van der Waals surface area contributed by atoms with Crippen molar-refractivity contribution in [1.29, 1.82) is 0 Å². The van der Waals surface area contributed by atoms with Gasteiger partial charge in [-0.15, -0.1) is 6.58 Å². The number of ether oxygens (including phenoxy) is 2. The van der Waals surface area contributed by atoms with Gasteiger partial charge in [0.05, 0.1) is 36.5 Å².